The molecule has 0 saturated heterocycles. The van der Waals surface area contributed by atoms with Crippen LogP contribution >= 0.6 is 0 Å². The highest BCUT2D eigenvalue weighted by Crippen LogP contribution is 2.32. The number of nitrogens with one attached hydrogen (secondary N) is 2. The van der Waals surface area contributed by atoms with Gasteiger partial charge in [0.15, 0.2) is 11.5 Å². The van der Waals surface area contributed by atoms with E-state index in [1.807, 2.05) is 65.0 Å². The summed E-state index contributed by atoms with van der Waals surface area (Å²) < 4.78 is 10.7. The molecule has 0 heterocycles. The zero-order chi connectivity index (χ0) is 22.4. The Labute approximate surface area is 179 Å². The summed E-state index contributed by atoms with van der Waals surface area (Å²) >= 11 is 0. The third kappa shape index (κ3) is 5.32. The third-order valence-corrected chi connectivity index (χ3v) is 5.22. The van der Waals surface area contributed by atoms with Crippen LogP contribution in [-0.4, -0.2) is 32.1 Å². The van der Waals surface area contributed by atoms with E-state index >= 15 is 0 Å². The number of aryl methyl sites for hydroxylation is 2. The minimum absolute atomic E-state index is 0.0725. The van der Waals surface area contributed by atoms with E-state index in [1.54, 1.807) is 20.3 Å². The van der Waals surface area contributed by atoms with Gasteiger partial charge in [0.05, 0.1) is 20.3 Å². The van der Waals surface area contributed by atoms with Crippen LogP contribution in [0.4, 0.5) is 0 Å². The first kappa shape index (κ1) is 23.3. The van der Waals surface area contributed by atoms with Crippen LogP contribution in [0.3, 0.4) is 0 Å². The van der Waals surface area contributed by atoms with Crippen molar-refractivity contribution in [3.05, 3.63) is 58.7 Å². The molecule has 0 radical (unpaired) electrons. The molecule has 0 saturated carbocycles. The average molecular weight is 413 g/mol. The fourth-order valence-electron chi connectivity index (χ4n) is 3.43. The van der Waals surface area contributed by atoms with Gasteiger partial charge >= 0.3 is 0 Å². The molecule has 2 N–H and O–H groups in total. The Hall–Kier alpha value is -3.02. The molecule has 6 nitrogen and oxygen atoms in total. The van der Waals surface area contributed by atoms with Gasteiger partial charge in [0.1, 0.15) is 6.04 Å². The molecule has 2 aromatic rings. The average Bonchev–Trinajstić information content (AvgIpc) is 2.71. The first-order valence-electron chi connectivity index (χ1n) is 10.1. The molecule has 6 heteroatoms. The van der Waals surface area contributed by atoms with E-state index in [4.69, 9.17) is 9.47 Å². The van der Waals surface area contributed by atoms with Crippen molar-refractivity contribution in [2.75, 3.05) is 14.2 Å². The lowest BCUT2D eigenvalue weighted by Crippen LogP contribution is -2.50. The topological polar surface area (TPSA) is 76.7 Å². The molecular weight excluding hydrogens is 380 g/mol. The van der Waals surface area contributed by atoms with Crippen molar-refractivity contribution in [1.29, 1.82) is 0 Å². The predicted molar refractivity (Wildman–Crippen MR) is 118 cm³/mol. The Morgan fingerprint density at radius 3 is 2.03 bits per heavy atom. The van der Waals surface area contributed by atoms with Crippen LogP contribution in [0, 0.1) is 19.8 Å². The SMILES string of the molecule is COc1cc(C)c(C(C)NC(=O)C(NC(=O)c2ccccc2C)C(C)C)cc1OC. The highest BCUT2D eigenvalue weighted by atomic mass is 16.5. The molecule has 30 heavy (non-hydrogen) atoms. The summed E-state index contributed by atoms with van der Waals surface area (Å²) in [4.78, 5) is 25.8. The van der Waals surface area contributed by atoms with Gasteiger partial charge in [-0.15, -0.1) is 0 Å². The first-order chi connectivity index (χ1) is 14.2. The molecule has 2 aromatic carbocycles. The number of hydrogen-bond acceptors (Lipinski definition) is 4. The Morgan fingerprint density at radius 1 is 0.867 bits per heavy atom. The number of amides is 2. The van der Waals surface area contributed by atoms with Gasteiger partial charge in [0, 0.05) is 5.56 Å². The molecule has 0 aliphatic rings. The Bertz CT molecular complexity index is 908. The third-order valence-electron chi connectivity index (χ3n) is 5.22. The van der Waals surface area contributed by atoms with E-state index in [0.29, 0.717) is 17.1 Å². The van der Waals surface area contributed by atoms with Gasteiger partial charge in [0.25, 0.3) is 5.91 Å². The number of benzene rings is 2. The lowest BCUT2D eigenvalue weighted by atomic mass is 9.98. The van der Waals surface area contributed by atoms with Crippen molar-refractivity contribution in [3.8, 4) is 11.5 Å². The lowest BCUT2D eigenvalue weighted by Gasteiger charge is -2.25. The minimum Gasteiger partial charge on any atom is -0.493 e. The van der Waals surface area contributed by atoms with E-state index in [-0.39, 0.29) is 23.8 Å². The van der Waals surface area contributed by atoms with Gasteiger partial charge < -0.3 is 20.1 Å². The van der Waals surface area contributed by atoms with Crippen molar-refractivity contribution in [2.45, 2.75) is 46.7 Å². The second-order valence-corrected chi connectivity index (χ2v) is 7.80. The number of methoxy groups -OCH3 is 2. The smallest absolute Gasteiger partial charge is 0.252 e. The van der Waals surface area contributed by atoms with Crippen molar-refractivity contribution in [1.82, 2.24) is 10.6 Å². The molecule has 2 atom stereocenters. The summed E-state index contributed by atoms with van der Waals surface area (Å²) in [6, 6.07) is 10.2. The molecule has 2 rings (SSSR count). The highest BCUT2D eigenvalue weighted by molar-refractivity contribution is 5.98. The van der Waals surface area contributed by atoms with Crippen LogP contribution in [0.1, 0.15) is 53.9 Å². The molecule has 0 aliphatic heterocycles. The van der Waals surface area contributed by atoms with Crippen molar-refractivity contribution >= 4 is 11.8 Å². The molecule has 0 aromatic heterocycles. The molecule has 0 spiro atoms. The van der Waals surface area contributed by atoms with Crippen LogP contribution < -0.4 is 20.1 Å². The van der Waals surface area contributed by atoms with Gasteiger partial charge in [-0.1, -0.05) is 32.0 Å². The molecule has 0 fully saturated rings. The summed E-state index contributed by atoms with van der Waals surface area (Å²) in [7, 11) is 3.17. The zero-order valence-electron chi connectivity index (χ0n) is 18.8. The van der Waals surface area contributed by atoms with E-state index in [1.165, 1.54) is 0 Å². The zero-order valence-corrected chi connectivity index (χ0v) is 18.8. The molecule has 2 unspecified atom stereocenters. The van der Waals surface area contributed by atoms with E-state index < -0.39 is 6.04 Å². The summed E-state index contributed by atoms with van der Waals surface area (Å²) in [6.07, 6.45) is 0. The Morgan fingerprint density at radius 2 is 1.47 bits per heavy atom. The summed E-state index contributed by atoms with van der Waals surface area (Å²) in [6.45, 7) is 9.57. The number of hydrogen-bond donors (Lipinski definition) is 2. The first-order valence-corrected chi connectivity index (χ1v) is 10.1. The number of rotatable bonds is 8. The van der Waals surface area contributed by atoms with Gasteiger partial charge in [-0.3, -0.25) is 9.59 Å². The monoisotopic (exact) mass is 412 g/mol. The highest BCUT2D eigenvalue weighted by Gasteiger charge is 2.27. The molecular formula is C24H32N2O4. The maximum Gasteiger partial charge on any atom is 0.252 e. The second-order valence-electron chi connectivity index (χ2n) is 7.80. The van der Waals surface area contributed by atoms with Crippen LogP contribution in [0.5, 0.6) is 11.5 Å². The standard InChI is InChI=1S/C24H32N2O4/c1-14(2)22(26-23(27)18-11-9-8-10-15(18)3)24(28)25-17(5)19-13-21(30-7)20(29-6)12-16(19)4/h8-14,17,22H,1-7H3,(H,25,28)(H,26,27). The number of carbonyl (C=O) groups excluding carboxylic acids is 2. The number of ether oxygens (including phenoxy) is 2. The lowest BCUT2D eigenvalue weighted by molar-refractivity contribution is -0.124. The van der Waals surface area contributed by atoms with E-state index in [2.05, 4.69) is 10.6 Å². The van der Waals surface area contributed by atoms with Gasteiger partial charge in [0.2, 0.25) is 5.91 Å². The normalized spacial score (nSPS) is 12.8. The van der Waals surface area contributed by atoms with Crippen LogP contribution in [-0.2, 0) is 4.79 Å². The van der Waals surface area contributed by atoms with Crippen molar-refractivity contribution in [3.63, 3.8) is 0 Å². The Kier molecular flexibility index (Phi) is 7.86. The molecule has 162 valence electrons. The number of carbonyl (C=O) groups is 2. The van der Waals surface area contributed by atoms with Crippen LogP contribution in [0.15, 0.2) is 36.4 Å². The van der Waals surface area contributed by atoms with Crippen molar-refractivity contribution < 1.29 is 19.1 Å². The largest absolute Gasteiger partial charge is 0.493 e. The second kappa shape index (κ2) is 10.1. The van der Waals surface area contributed by atoms with Crippen LogP contribution in [0.2, 0.25) is 0 Å². The summed E-state index contributed by atoms with van der Waals surface area (Å²) in [5.74, 6) is 0.692. The summed E-state index contributed by atoms with van der Waals surface area (Å²) in [5, 5.41) is 5.92. The predicted octanol–water partition coefficient (Wildman–Crippen LogP) is 3.95. The molecule has 0 bridgehead atoms. The minimum atomic E-state index is -0.653. The summed E-state index contributed by atoms with van der Waals surface area (Å²) in [5.41, 5.74) is 3.34. The molecule has 2 amide bonds. The Balaban J connectivity index is 2.19. The van der Waals surface area contributed by atoms with Crippen molar-refractivity contribution in [2.24, 2.45) is 5.92 Å². The van der Waals surface area contributed by atoms with E-state index in [0.717, 1.165) is 16.7 Å². The maximum absolute atomic E-state index is 13.0. The van der Waals surface area contributed by atoms with Gasteiger partial charge in [-0.25, -0.2) is 0 Å². The van der Waals surface area contributed by atoms with Crippen LogP contribution in [0.25, 0.3) is 0 Å². The maximum atomic E-state index is 13.0. The molecule has 0 aliphatic carbocycles. The van der Waals surface area contributed by atoms with E-state index in [9.17, 15) is 9.59 Å². The van der Waals surface area contributed by atoms with Gasteiger partial charge in [-0.05, 0) is 61.6 Å². The fraction of sp³-hybridized carbons (Fsp3) is 0.417. The fourth-order valence-corrected chi connectivity index (χ4v) is 3.43. The quantitative estimate of drug-likeness (QED) is 0.688. The van der Waals surface area contributed by atoms with Gasteiger partial charge in [-0.2, -0.15) is 0 Å².